The zero-order chi connectivity index (χ0) is 15.3. The lowest BCUT2D eigenvalue weighted by atomic mass is 9.99. The summed E-state index contributed by atoms with van der Waals surface area (Å²) in [7, 11) is 1.59. The maximum absolute atomic E-state index is 12.4. The Balaban J connectivity index is 2.21. The summed E-state index contributed by atoms with van der Waals surface area (Å²) < 4.78 is 5.26. The van der Waals surface area contributed by atoms with Gasteiger partial charge in [0.25, 0.3) is 5.91 Å². The molecule has 0 bridgehead atoms. The third-order valence-corrected chi connectivity index (χ3v) is 3.91. The van der Waals surface area contributed by atoms with E-state index in [1.807, 2.05) is 0 Å². The molecule has 1 fully saturated rings. The Morgan fingerprint density at radius 3 is 2.76 bits per heavy atom. The Bertz CT molecular complexity index is 578. The fraction of sp³-hybridized carbons (Fsp3) is 0.471. The molecule has 21 heavy (non-hydrogen) atoms. The maximum Gasteiger partial charge on any atom is 0.251 e. The molecule has 2 rings (SSSR count). The summed E-state index contributed by atoms with van der Waals surface area (Å²) in [5.41, 5.74) is 6.60. The number of hydrogen-bond donors (Lipinski definition) is 2. The molecule has 0 saturated heterocycles. The summed E-state index contributed by atoms with van der Waals surface area (Å²) >= 11 is 0. The number of carbonyl (C=O) groups excluding carboxylic acids is 1. The van der Waals surface area contributed by atoms with Gasteiger partial charge in [0.2, 0.25) is 0 Å². The normalized spacial score (nSPS) is 16.0. The standard InChI is InChI=1S/C17H22N2O2/c1-17(9-3-4-10-17)19-16(20)14-7-8-15(21-2)13(12-14)6-5-11-18/h7-8,12H,3-4,9-11,18H2,1-2H3,(H,19,20). The highest BCUT2D eigenvalue weighted by Gasteiger charge is 2.30. The minimum Gasteiger partial charge on any atom is -0.495 e. The molecule has 0 aromatic heterocycles. The topological polar surface area (TPSA) is 64.3 Å². The second-order valence-corrected chi connectivity index (χ2v) is 5.64. The summed E-state index contributed by atoms with van der Waals surface area (Å²) in [6.45, 7) is 2.38. The fourth-order valence-electron chi connectivity index (χ4n) is 2.72. The molecule has 4 heteroatoms. The number of rotatable bonds is 3. The Morgan fingerprint density at radius 2 is 2.14 bits per heavy atom. The highest BCUT2D eigenvalue weighted by molar-refractivity contribution is 5.95. The van der Waals surface area contributed by atoms with E-state index in [2.05, 4.69) is 24.1 Å². The van der Waals surface area contributed by atoms with Crippen molar-refractivity contribution in [3.8, 4) is 17.6 Å². The number of nitrogens with two attached hydrogens (primary N) is 1. The van der Waals surface area contributed by atoms with Gasteiger partial charge in [-0.2, -0.15) is 0 Å². The zero-order valence-corrected chi connectivity index (χ0v) is 12.7. The van der Waals surface area contributed by atoms with Crippen LogP contribution in [-0.4, -0.2) is 25.1 Å². The second-order valence-electron chi connectivity index (χ2n) is 5.64. The number of carbonyl (C=O) groups is 1. The summed E-state index contributed by atoms with van der Waals surface area (Å²) in [6, 6.07) is 5.29. The van der Waals surface area contributed by atoms with E-state index in [4.69, 9.17) is 10.5 Å². The lowest BCUT2D eigenvalue weighted by Crippen LogP contribution is -2.43. The molecule has 1 aromatic rings. The molecule has 0 heterocycles. The predicted molar refractivity (Wildman–Crippen MR) is 83.3 cm³/mol. The van der Waals surface area contributed by atoms with E-state index in [-0.39, 0.29) is 18.0 Å². The first-order valence-electron chi connectivity index (χ1n) is 7.27. The Labute approximate surface area is 126 Å². The largest absolute Gasteiger partial charge is 0.495 e. The van der Waals surface area contributed by atoms with Crippen LogP contribution in [0.1, 0.15) is 48.5 Å². The van der Waals surface area contributed by atoms with E-state index in [0.29, 0.717) is 16.9 Å². The van der Waals surface area contributed by atoms with Gasteiger partial charge in [0.05, 0.1) is 19.2 Å². The van der Waals surface area contributed by atoms with Crippen LogP contribution in [0, 0.1) is 11.8 Å². The van der Waals surface area contributed by atoms with Gasteiger partial charge in [-0.15, -0.1) is 0 Å². The fourth-order valence-corrected chi connectivity index (χ4v) is 2.72. The molecular formula is C17H22N2O2. The van der Waals surface area contributed by atoms with Gasteiger partial charge < -0.3 is 15.8 Å². The summed E-state index contributed by atoms with van der Waals surface area (Å²) in [5, 5.41) is 3.14. The summed E-state index contributed by atoms with van der Waals surface area (Å²) in [6.07, 6.45) is 4.42. The molecule has 0 unspecified atom stereocenters. The molecule has 112 valence electrons. The van der Waals surface area contributed by atoms with Crippen molar-refractivity contribution in [1.29, 1.82) is 0 Å². The zero-order valence-electron chi connectivity index (χ0n) is 12.7. The number of benzene rings is 1. The van der Waals surface area contributed by atoms with Gasteiger partial charge in [-0.25, -0.2) is 0 Å². The minimum atomic E-state index is -0.0832. The van der Waals surface area contributed by atoms with Crippen LogP contribution in [-0.2, 0) is 0 Å². The number of ether oxygens (including phenoxy) is 1. The molecule has 1 aliphatic carbocycles. The van der Waals surface area contributed by atoms with E-state index in [0.717, 1.165) is 12.8 Å². The molecule has 1 aromatic carbocycles. The van der Waals surface area contributed by atoms with Gasteiger partial charge >= 0.3 is 0 Å². The van der Waals surface area contributed by atoms with E-state index < -0.39 is 0 Å². The van der Waals surface area contributed by atoms with Crippen molar-refractivity contribution < 1.29 is 9.53 Å². The molecule has 0 aliphatic heterocycles. The van der Waals surface area contributed by atoms with Crippen LogP contribution in [0.5, 0.6) is 5.75 Å². The van der Waals surface area contributed by atoms with Crippen molar-refractivity contribution in [2.45, 2.75) is 38.1 Å². The first-order valence-corrected chi connectivity index (χ1v) is 7.27. The highest BCUT2D eigenvalue weighted by atomic mass is 16.5. The van der Waals surface area contributed by atoms with Crippen LogP contribution in [0.3, 0.4) is 0 Å². The van der Waals surface area contributed by atoms with E-state index in [1.54, 1.807) is 25.3 Å². The molecule has 1 amide bonds. The lowest BCUT2D eigenvalue weighted by molar-refractivity contribution is 0.0908. The smallest absolute Gasteiger partial charge is 0.251 e. The number of nitrogens with one attached hydrogen (secondary N) is 1. The van der Waals surface area contributed by atoms with Crippen molar-refractivity contribution in [3.05, 3.63) is 29.3 Å². The van der Waals surface area contributed by atoms with Gasteiger partial charge in [-0.1, -0.05) is 24.7 Å². The van der Waals surface area contributed by atoms with Gasteiger partial charge in [0, 0.05) is 11.1 Å². The van der Waals surface area contributed by atoms with Gasteiger partial charge in [-0.05, 0) is 38.0 Å². The van der Waals surface area contributed by atoms with Crippen LogP contribution in [0.2, 0.25) is 0 Å². The summed E-state index contributed by atoms with van der Waals surface area (Å²) in [4.78, 5) is 12.4. The summed E-state index contributed by atoms with van der Waals surface area (Å²) in [5.74, 6) is 6.33. The average Bonchev–Trinajstić information content (AvgIpc) is 2.91. The molecule has 1 aliphatic rings. The third-order valence-electron chi connectivity index (χ3n) is 3.91. The third kappa shape index (κ3) is 3.77. The van der Waals surface area contributed by atoms with Gasteiger partial charge in [-0.3, -0.25) is 4.79 Å². The second kappa shape index (κ2) is 6.64. The SMILES string of the molecule is COc1ccc(C(=O)NC2(C)CCCC2)cc1C#CCN. The molecule has 1 saturated carbocycles. The first-order chi connectivity index (χ1) is 10.1. The van der Waals surface area contributed by atoms with Crippen LogP contribution < -0.4 is 15.8 Å². The van der Waals surface area contributed by atoms with Crippen molar-refractivity contribution >= 4 is 5.91 Å². The average molecular weight is 286 g/mol. The first kappa shape index (κ1) is 15.4. The number of amides is 1. The van der Waals surface area contributed by atoms with Crippen LogP contribution in [0.4, 0.5) is 0 Å². The number of methoxy groups -OCH3 is 1. The van der Waals surface area contributed by atoms with Crippen molar-refractivity contribution in [2.24, 2.45) is 5.73 Å². The molecule has 0 spiro atoms. The molecule has 3 N–H and O–H groups in total. The Hall–Kier alpha value is -1.99. The molecule has 0 atom stereocenters. The van der Waals surface area contributed by atoms with E-state index in [1.165, 1.54) is 12.8 Å². The van der Waals surface area contributed by atoms with Crippen molar-refractivity contribution in [1.82, 2.24) is 5.32 Å². The Kier molecular flexibility index (Phi) is 4.87. The monoisotopic (exact) mass is 286 g/mol. The molecule has 0 radical (unpaired) electrons. The molecular weight excluding hydrogens is 264 g/mol. The van der Waals surface area contributed by atoms with Gasteiger partial charge in [0.15, 0.2) is 0 Å². The van der Waals surface area contributed by atoms with Crippen molar-refractivity contribution in [3.63, 3.8) is 0 Å². The van der Waals surface area contributed by atoms with Crippen LogP contribution in [0.25, 0.3) is 0 Å². The Morgan fingerprint density at radius 1 is 1.43 bits per heavy atom. The van der Waals surface area contributed by atoms with E-state index >= 15 is 0 Å². The number of hydrogen-bond acceptors (Lipinski definition) is 3. The minimum absolute atomic E-state index is 0.0575. The predicted octanol–water partition coefficient (Wildman–Crippen LogP) is 2.07. The van der Waals surface area contributed by atoms with Crippen LogP contribution in [0.15, 0.2) is 18.2 Å². The van der Waals surface area contributed by atoms with Crippen LogP contribution >= 0.6 is 0 Å². The highest BCUT2D eigenvalue weighted by Crippen LogP contribution is 2.29. The molecule has 4 nitrogen and oxygen atoms in total. The maximum atomic E-state index is 12.4. The lowest BCUT2D eigenvalue weighted by Gasteiger charge is -2.25. The quantitative estimate of drug-likeness (QED) is 0.836. The van der Waals surface area contributed by atoms with Crippen molar-refractivity contribution in [2.75, 3.05) is 13.7 Å². The van der Waals surface area contributed by atoms with E-state index in [9.17, 15) is 4.79 Å². The van der Waals surface area contributed by atoms with Gasteiger partial charge in [0.1, 0.15) is 5.75 Å².